The first kappa shape index (κ1) is 18.4. The van der Waals surface area contributed by atoms with Crippen LogP contribution in [0.2, 0.25) is 0 Å². The maximum atomic E-state index is 12.8. The number of nitrogens with zero attached hydrogens (tertiary/aromatic N) is 3. The number of nitrogens with one attached hydrogen (secondary N) is 1. The highest BCUT2D eigenvalue weighted by Gasteiger charge is 2.20. The van der Waals surface area contributed by atoms with Crippen LogP contribution in [0.4, 0.5) is 0 Å². The second-order valence-corrected chi connectivity index (χ2v) is 7.41. The minimum absolute atomic E-state index is 0.0521. The molecule has 2 heterocycles. The first-order valence-corrected chi connectivity index (χ1v) is 9.45. The van der Waals surface area contributed by atoms with Crippen LogP contribution >= 0.6 is 11.3 Å². The van der Waals surface area contributed by atoms with Crippen LogP contribution in [0.5, 0.6) is 0 Å². The summed E-state index contributed by atoms with van der Waals surface area (Å²) in [5.41, 5.74) is 3.81. The normalized spacial score (nSPS) is 12.3. The van der Waals surface area contributed by atoms with Crippen molar-refractivity contribution in [1.29, 1.82) is 0 Å². The van der Waals surface area contributed by atoms with E-state index in [0.717, 1.165) is 16.5 Å². The third-order valence-electron chi connectivity index (χ3n) is 4.55. The molecule has 26 heavy (non-hydrogen) atoms. The molecule has 1 unspecified atom stereocenters. The van der Waals surface area contributed by atoms with E-state index in [0.29, 0.717) is 12.1 Å². The molecule has 3 rings (SSSR count). The summed E-state index contributed by atoms with van der Waals surface area (Å²) in [5, 5.41) is 5.92. The van der Waals surface area contributed by atoms with Crippen molar-refractivity contribution in [2.75, 3.05) is 20.6 Å². The van der Waals surface area contributed by atoms with Crippen molar-refractivity contribution in [2.24, 2.45) is 0 Å². The van der Waals surface area contributed by atoms with Crippen LogP contribution in [0.1, 0.15) is 33.4 Å². The molecule has 0 aliphatic heterocycles. The SMILES string of the molecule is Cc1cc(C(=O)NCC(c2ccccc2)N(C)C)c(C)n1-c1nccs1. The number of aromatic nitrogens is 2. The summed E-state index contributed by atoms with van der Waals surface area (Å²) in [4.78, 5) is 19.3. The third kappa shape index (κ3) is 3.71. The first-order valence-electron chi connectivity index (χ1n) is 8.57. The highest BCUT2D eigenvalue weighted by Crippen LogP contribution is 2.23. The van der Waals surface area contributed by atoms with E-state index in [-0.39, 0.29) is 11.9 Å². The van der Waals surface area contributed by atoms with Gasteiger partial charge in [0, 0.05) is 29.5 Å². The van der Waals surface area contributed by atoms with Gasteiger partial charge in [0.1, 0.15) is 0 Å². The summed E-state index contributed by atoms with van der Waals surface area (Å²) in [7, 11) is 4.05. The molecule has 2 aromatic heterocycles. The maximum absolute atomic E-state index is 12.8. The molecule has 1 aromatic carbocycles. The predicted molar refractivity (Wildman–Crippen MR) is 106 cm³/mol. The zero-order valence-corrected chi connectivity index (χ0v) is 16.4. The van der Waals surface area contributed by atoms with Crippen LogP contribution < -0.4 is 5.32 Å². The van der Waals surface area contributed by atoms with Crippen molar-refractivity contribution >= 4 is 17.2 Å². The molecule has 0 aliphatic rings. The monoisotopic (exact) mass is 368 g/mol. The molecule has 0 radical (unpaired) electrons. The lowest BCUT2D eigenvalue weighted by atomic mass is 10.1. The Kier molecular flexibility index (Phi) is 5.54. The molecule has 1 amide bonds. The van der Waals surface area contributed by atoms with Crippen molar-refractivity contribution in [3.63, 3.8) is 0 Å². The number of amides is 1. The number of aryl methyl sites for hydroxylation is 1. The number of hydrogen-bond donors (Lipinski definition) is 1. The van der Waals surface area contributed by atoms with E-state index in [1.807, 2.05) is 62.2 Å². The molecular formula is C20H24N4OS. The molecule has 0 aliphatic carbocycles. The van der Waals surface area contributed by atoms with Gasteiger partial charge < -0.3 is 10.2 Å². The number of carbonyl (C=O) groups is 1. The Hall–Kier alpha value is -2.44. The predicted octanol–water partition coefficient (Wildman–Crippen LogP) is 3.58. The molecule has 0 saturated carbocycles. The van der Waals surface area contributed by atoms with Crippen LogP contribution in [0, 0.1) is 13.8 Å². The summed E-state index contributed by atoms with van der Waals surface area (Å²) in [6, 6.07) is 12.3. The van der Waals surface area contributed by atoms with E-state index in [2.05, 4.69) is 27.3 Å². The maximum Gasteiger partial charge on any atom is 0.253 e. The van der Waals surface area contributed by atoms with E-state index in [1.165, 1.54) is 5.56 Å². The zero-order chi connectivity index (χ0) is 18.7. The summed E-state index contributed by atoms with van der Waals surface area (Å²) in [6.07, 6.45) is 1.78. The lowest BCUT2D eigenvalue weighted by Gasteiger charge is -2.25. The van der Waals surface area contributed by atoms with Gasteiger partial charge >= 0.3 is 0 Å². The van der Waals surface area contributed by atoms with Gasteiger partial charge in [-0.2, -0.15) is 0 Å². The summed E-state index contributed by atoms with van der Waals surface area (Å²) in [5.74, 6) is -0.0521. The Morgan fingerprint density at radius 1 is 1.27 bits per heavy atom. The molecule has 0 bridgehead atoms. The fraction of sp³-hybridized carbons (Fsp3) is 0.300. The van der Waals surface area contributed by atoms with E-state index < -0.39 is 0 Å². The molecule has 136 valence electrons. The largest absolute Gasteiger partial charge is 0.350 e. The third-order valence-corrected chi connectivity index (χ3v) is 5.31. The Morgan fingerprint density at radius 2 is 2.00 bits per heavy atom. The van der Waals surface area contributed by atoms with Gasteiger partial charge in [0.15, 0.2) is 5.13 Å². The fourth-order valence-corrected chi connectivity index (χ4v) is 3.92. The van der Waals surface area contributed by atoms with Crippen molar-refractivity contribution in [3.05, 3.63) is 70.5 Å². The molecule has 0 saturated heterocycles. The Balaban J connectivity index is 1.77. The van der Waals surface area contributed by atoms with Crippen molar-refractivity contribution in [3.8, 4) is 5.13 Å². The number of thiazole rings is 1. The van der Waals surface area contributed by atoms with Gasteiger partial charge in [0.25, 0.3) is 5.91 Å². The van der Waals surface area contributed by atoms with Gasteiger partial charge in [-0.3, -0.25) is 9.36 Å². The van der Waals surface area contributed by atoms with Gasteiger partial charge in [-0.05, 0) is 39.6 Å². The van der Waals surface area contributed by atoms with E-state index in [9.17, 15) is 4.79 Å². The zero-order valence-electron chi connectivity index (χ0n) is 15.6. The molecule has 6 heteroatoms. The van der Waals surface area contributed by atoms with E-state index in [4.69, 9.17) is 0 Å². The Morgan fingerprint density at radius 3 is 2.62 bits per heavy atom. The molecule has 3 aromatic rings. The minimum Gasteiger partial charge on any atom is -0.350 e. The van der Waals surface area contributed by atoms with Gasteiger partial charge in [-0.1, -0.05) is 30.3 Å². The van der Waals surface area contributed by atoms with Crippen LogP contribution in [0.25, 0.3) is 5.13 Å². The van der Waals surface area contributed by atoms with Crippen LogP contribution in [-0.2, 0) is 0 Å². The van der Waals surface area contributed by atoms with Gasteiger partial charge in [-0.15, -0.1) is 11.3 Å². The highest BCUT2D eigenvalue weighted by molar-refractivity contribution is 7.12. The molecule has 5 nitrogen and oxygen atoms in total. The summed E-state index contributed by atoms with van der Waals surface area (Å²) in [6.45, 7) is 4.51. The standard InChI is InChI=1S/C20H24N4OS/c1-14-12-17(15(2)24(14)20-21-10-11-26-20)19(25)22-13-18(23(3)4)16-8-6-5-7-9-16/h5-12,18H,13H2,1-4H3,(H,22,25). The first-order chi connectivity index (χ1) is 12.5. The van der Waals surface area contributed by atoms with Crippen molar-refractivity contribution < 1.29 is 4.79 Å². The molecule has 0 fully saturated rings. The lowest BCUT2D eigenvalue weighted by molar-refractivity contribution is 0.0941. The molecular weight excluding hydrogens is 344 g/mol. The Labute approximate surface area is 158 Å². The van der Waals surface area contributed by atoms with Gasteiger partial charge in [-0.25, -0.2) is 4.98 Å². The van der Waals surface area contributed by atoms with Crippen LogP contribution in [-0.4, -0.2) is 41.0 Å². The van der Waals surface area contributed by atoms with Crippen molar-refractivity contribution in [2.45, 2.75) is 19.9 Å². The number of hydrogen-bond acceptors (Lipinski definition) is 4. The second kappa shape index (κ2) is 7.85. The number of benzene rings is 1. The molecule has 0 spiro atoms. The van der Waals surface area contributed by atoms with Gasteiger partial charge in [0.05, 0.1) is 11.6 Å². The van der Waals surface area contributed by atoms with E-state index >= 15 is 0 Å². The highest BCUT2D eigenvalue weighted by atomic mass is 32.1. The molecule has 1 N–H and O–H groups in total. The average molecular weight is 369 g/mol. The smallest absolute Gasteiger partial charge is 0.253 e. The van der Waals surface area contributed by atoms with Gasteiger partial charge in [0.2, 0.25) is 0 Å². The number of carbonyl (C=O) groups excluding carboxylic acids is 1. The van der Waals surface area contributed by atoms with Crippen LogP contribution in [0.15, 0.2) is 48.0 Å². The topological polar surface area (TPSA) is 50.2 Å². The summed E-state index contributed by atoms with van der Waals surface area (Å²) < 4.78 is 2.03. The van der Waals surface area contributed by atoms with Crippen molar-refractivity contribution in [1.82, 2.24) is 19.8 Å². The quantitative estimate of drug-likeness (QED) is 0.723. The fourth-order valence-electron chi connectivity index (χ4n) is 3.17. The minimum atomic E-state index is -0.0521. The average Bonchev–Trinajstić information content (AvgIpc) is 3.23. The second-order valence-electron chi connectivity index (χ2n) is 6.54. The molecule has 1 atom stereocenters. The number of likely N-dealkylation sites (N-methyl/N-ethyl adjacent to an activating group) is 1. The van der Waals surface area contributed by atoms with E-state index in [1.54, 1.807) is 17.5 Å². The van der Waals surface area contributed by atoms with Crippen LogP contribution in [0.3, 0.4) is 0 Å². The Bertz CT molecular complexity index is 869. The number of rotatable bonds is 6. The summed E-state index contributed by atoms with van der Waals surface area (Å²) >= 11 is 1.56. The lowest BCUT2D eigenvalue weighted by Crippen LogP contribution is -2.34.